The molecule has 9 heteroatoms. The maximum absolute atomic E-state index is 12.5. The van der Waals surface area contributed by atoms with E-state index in [1.807, 2.05) is 0 Å². The predicted molar refractivity (Wildman–Crippen MR) is 114 cm³/mol. The van der Waals surface area contributed by atoms with Crippen LogP contribution in [0.1, 0.15) is 0 Å². The van der Waals surface area contributed by atoms with Gasteiger partial charge in [-0.25, -0.2) is 13.2 Å². The number of hydrogen-bond acceptors (Lipinski definition) is 4. The van der Waals surface area contributed by atoms with Gasteiger partial charge in [-0.1, -0.05) is 23.7 Å². The van der Waals surface area contributed by atoms with Crippen molar-refractivity contribution in [1.29, 1.82) is 0 Å². The van der Waals surface area contributed by atoms with E-state index in [1.54, 1.807) is 48.5 Å². The predicted octanol–water partition coefficient (Wildman–Crippen LogP) is 4.79. The highest BCUT2D eigenvalue weighted by atomic mass is 35.5. The molecule has 3 aromatic carbocycles. The number of rotatable bonds is 6. The normalized spacial score (nSPS) is 10.8. The van der Waals surface area contributed by atoms with E-state index in [-0.39, 0.29) is 4.90 Å². The first kappa shape index (κ1) is 20.5. The Morgan fingerprint density at radius 1 is 0.862 bits per heavy atom. The number of anilines is 3. The maximum Gasteiger partial charge on any atom is 0.323 e. The van der Waals surface area contributed by atoms with Gasteiger partial charge in [0.05, 0.1) is 17.7 Å². The molecule has 3 aromatic rings. The zero-order chi connectivity index (χ0) is 20.9. The lowest BCUT2D eigenvalue weighted by atomic mass is 10.3. The van der Waals surface area contributed by atoms with E-state index in [0.717, 1.165) is 0 Å². The number of ether oxygens (including phenoxy) is 1. The van der Waals surface area contributed by atoms with Gasteiger partial charge >= 0.3 is 6.03 Å². The van der Waals surface area contributed by atoms with Gasteiger partial charge in [0.25, 0.3) is 10.0 Å². The summed E-state index contributed by atoms with van der Waals surface area (Å²) in [5.41, 5.74) is 1.36. The molecular formula is C20H18ClN3O4S. The van der Waals surface area contributed by atoms with Crippen LogP contribution in [0, 0.1) is 0 Å². The first-order chi connectivity index (χ1) is 13.9. The number of halogens is 1. The lowest BCUT2D eigenvalue weighted by Crippen LogP contribution is -2.19. The van der Waals surface area contributed by atoms with Crippen LogP contribution in [0.3, 0.4) is 0 Å². The summed E-state index contributed by atoms with van der Waals surface area (Å²) in [7, 11) is -2.28. The lowest BCUT2D eigenvalue weighted by molar-refractivity contribution is 0.262. The number of carbonyl (C=O) groups excluding carboxylic acids is 1. The molecule has 3 rings (SSSR count). The molecule has 0 aromatic heterocycles. The third-order valence-electron chi connectivity index (χ3n) is 3.83. The van der Waals surface area contributed by atoms with Gasteiger partial charge in [0.1, 0.15) is 5.75 Å². The second kappa shape index (κ2) is 8.85. The van der Waals surface area contributed by atoms with Crippen molar-refractivity contribution in [3.05, 3.63) is 77.8 Å². The van der Waals surface area contributed by atoms with E-state index >= 15 is 0 Å². The molecule has 0 aliphatic rings. The highest BCUT2D eigenvalue weighted by Gasteiger charge is 2.15. The standard InChI is InChI=1S/C20H18ClN3O4S/c1-28-18-7-3-6-17(13-18)24-29(26,27)19-10-8-15(9-11-19)22-20(25)23-16-5-2-4-14(21)12-16/h2-13,24H,1H3,(H2,22,23,25). The van der Waals surface area contributed by atoms with E-state index in [2.05, 4.69) is 15.4 Å². The molecule has 0 radical (unpaired) electrons. The Morgan fingerprint density at radius 2 is 1.52 bits per heavy atom. The van der Waals surface area contributed by atoms with Crippen LogP contribution in [-0.4, -0.2) is 21.6 Å². The summed E-state index contributed by atoms with van der Waals surface area (Å²) >= 11 is 5.88. The van der Waals surface area contributed by atoms with Crippen LogP contribution in [0.15, 0.2) is 77.7 Å². The van der Waals surface area contributed by atoms with Gasteiger partial charge in [-0.15, -0.1) is 0 Å². The first-order valence-electron chi connectivity index (χ1n) is 8.46. The van der Waals surface area contributed by atoms with Crippen molar-refractivity contribution >= 4 is 44.7 Å². The van der Waals surface area contributed by atoms with E-state index in [4.69, 9.17) is 16.3 Å². The Morgan fingerprint density at radius 3 is 2.21 bits per heavy atom. The summed E-state index contributed by atoms with van der Waals surface area (Å²) in [6.45, 7) is 0. The quantitative estimate of drug-likeness (QED) is 0.522. The molecule has 0 fully saturated rings. The monoisotopic (exact) mass is 431 g/mol. The summed E-state index contributed by atoms with van der Waals surface area (Å²) in [4.78, 5) is 12.1. The van der Waals surface area contributed by atoms with Crippen molar-refractivity contribution in [1.82, 2.24) is 0 Å². The van der Waals surface area contributed by atoms with Crippen LogP contribution in [0.5, 0.6) is 5.75 Å². The number of methoxy groups -OCH3 is 1. The van der Waals surface area contributed by atoms with E-state index < -0.39 is 16.1 Å². The number of benzene rings is 3. The average molecular weight is 432 g/mol. The molecule has 0 unspecified atom stereocenters. The number of urea groups is 1. The Balaban J connectivity index is 1.66. The Bertz CT molecular complexity index is 1120. The van der Waals surface area contributed by atoms with Gasteiger partial charge in [-0.05, 0) is 54.6 Å². The second-order valence-electron chi connectivity index (χ2n) is 5.95. The Kier molecular flexibility index (Phi) is 6.26. The molecule has 150 valence electrons. The van der Waals surface area contributed by atoms with Crippen molar-refractivity contribution in [2.45, 2.75) is 4.90 Å². The molecule has 2 amide bonds. The highest BCUT2D eigenvalue weighted by Crippen LogP contribution is 2.22. The van der Waals surface area contributed by atoms with Gasteiger partial charge in [0.2, 0.25) is 0 Å². The average Bonchev–Trinajstić information content (AvgIpc) is 2.68. The number of sulfonamides is 1. The zero-order valence-electron chi connectivity index (χ0n) is 15.3. The molecule has 7 nitrogen and oxygen atoms in total. The van der Waals surface area contributed by atoms with Gasteiger partial charge in [0.15, 0.2) is 0 Å². The van der Waals surface area contributed by atoms with Crippen LogP contribution < -0.4 is 20.1 Å². The fourth-order valence-electron chi connectivity index (χ4n) is 2.48. The fourth-order valence-corrected chi connectivity index (χ4v) is 3.72. The van der Waals surface area contributed by atoms with Crippen molar-refractivity contribution in [2.75, 3.05) is 22.5 Å². The highest BCUT2D eigenvalue weighted by molar-refractivity contribution is 7.92. The van der Waals surface area contributed by atoms with Crippen LogP contribution in [-0.2, 0) is 10.0 Å². The SMILES string of the molecule is COc1cccc(NS(=O)(=O)c2ccc(NC(=O)Nc3cccc(Cl)c3)cc2)c1. The fraction of sp³-hybridized carbons (Fsp3) is 0.0500. The molecule has 3 N–H and O–H groups in total. The van der Waals surface area contributed by atoms with E-state index in [1.165, 1.54) is 31.4 Å². The molecule has 0 saturated carbocycles. The molecule has 0 atom stereocenters. The van der Waals surface area contributed by atoms with Crippen LogP contribution in [0.25, 0.3) is 0 Å². The van der Waals surface area contributed by atoms with Crippen LogP contribution in [0.2, 0.25) is 5.02 Å². The van der Waals surface area contributed by atoms with Crippen LogP contribution >= 0.6 is 11.6 Å². The van der Waals surface area contributed by atoms with Gasteiger partial charge < -0.3 is 15.4 Å². The first-order valence-corrected chi connectivity index (χ1v) is 10.3. The number of amides is 2. The van der Waals surface area contributed by atoms with Crippen molar-refractivity contribution in [2.24, 2.45) is 0 Å². The zero-order valence-corrected chi connectivity index (χ0v) is 16.9. The Labute approximate surface area is 173 Å². The summed E-state index contributed by atoms with van der Waals surface area (Å²) in [6.07, 6.45) is 0. The number of nitrogens with one attached hydrogen (secondary N) is 3. The lowest BCUT2D eigenvalue weighted by Gasteiger charge is -2.11. The van der Waals surface area contributed by atoms with E-state index in [0.29, 0.717) is 27.8 Å². The molecular weight excluding hydrogens is 414 g/mol. The van der Waals surface area contributed by atoms with Crippen molar-refractivity contribution in [3.8, 4) is 5.75 Å². The number of carbonyl (C=O) groups is 1. The Hall–Kier alpha value is -3.23. The van der Waals surface area contributed by atoms with Gasteiger partial charge in [-0.3, -0.25) is 4.72 Å². The minimum atomic E-state index is -3.79. The minimum absolute atomic E-state index is 0.0566. The van der Waals surface area contributed by atoms with Gasteiger partial charge in [-0.2, -0.15) is 0 Å². The molecule has 0 spiro atoms. The minimum Gasteiger partial charge on any atom is -0.497 e. The molecule has 0 bridgehead atoms. The van der Waals surface area contributed by atoms with E-state index in [9.17, 15) is 13.2 Å². The van der Waals surface area contributed by atoms with Crippen molar-refractivity contribution < 1.29 is 17.9 Å². The van der Waals surface area contributed by atoms with Crippen molar-refractivity contribution in [3.63, 3.8) is 0 Å². The van der Waals surface area contributed by atoms with Gasteiger partial charge in [0, 0.05) is 22.5 Å². The number of hydrogen-bond donors (Lipinski definition) is 3. The summed E-state index contributed by atoms with van der Waals surface area (Å²) in [5.74, 6) is 0.537. The molecule has 0 aliphatic heterocycles. The summed E-state index contributed by atoms with van der Waals surface area (Å²) in [5, 5.41) is 5.77. The third-order valence-corrected chi connectivity index (χ3v) is 5.46. The largest absolute Gasteiger partial charge is 0.497 e. The topological polar surface area (TPSA) is 96.5 Å². The molecule has 0 heterocycles. The molecule has 0 saturated heterocycles. The molecule has 0 aliphatic carbocycles. The van der Waals surface area contributed by atoms with Crippen LogP contribution in [0.4, 0.5) is 21.9 Å². The smallest absolute Gasteiger partial charge is 0.323 e. The third kappa shape index (κ3) is 5.63. The summed E-state index contributed by atoms with van der Waals surface area (Å²) < 4.78 is 32.7. The summed E-state index contributed by atoms with van der Waals surface area (Å²) in [6, 6.07) is 18.6. The molecule has 29 heavy (non-hydrogen) atoms. The second-order valence-corrected chi connectivity index (χ2v) is 8.07. The maximum atomic E-state index is 12.5.